The lowest BCUT2D eigenvalue weighted by Gasteiger charge is -2.36. The number of aromatic nitrogens is 1. The quantitative estimate of drug-likeness (QED) is 0.101. The van der Waals surface area contributed by atoms with E-state index in [2.05, 4.69) is 21.7 Å². The molecule has 1 aromatic heterocycles. The summed E-state index contributed by atoms with van der Waals surface area (Å²) < 4.78 is 48.8. The molecule has 0 saturated carbocycles. The maximum atomic E-state index is 14.6. The number of rotatable bonds is 13. The highest BCUT2D eigenvalue weighted by atomic mass is 35.5. The van der Waals surface area contributed by atoms with Crippen LogP contribution in [0.15, 0.2) is 108 Å². The van der Waals surface area contributed by atoms with Crippen LogP contribution in [0.5, 0.6) is 17.2 Å². The van der Waals surface area contributed by atoms with Gasteiger partial charge in [-0.3, -0.25) is 9.59 Å². The number of hydrogen-bond acceptors (Lipinski definition) is 11. The number of benzene rings is 5. The van der Waals surface area contributed by atoms with E-state index >= 15 is 0 Å². The monoisotopic (exact) mass is 951 g/mol. The van der Waals surface area contributed by atoms with Gasteiger partial charge in [-0.2, -0.15) is 9.57 Å². The van der Waals surface area contributed by atoms with Crippen molar-refractivity contribution in [2.75, 3.05) is 11.9 Å². The lowest BCUT2D eigenvalue weighted by molar-refractivity contribution is -0.142. The molecule has 0 fully saturated rings. The lowest BCUT2D eigenvalue weighted by Crippen LogP contribution is -2.55. The molecule has 6 aromatic rings. The summed E-state index contributed by atoms with van der Waals surface area (Å²) in [6, 6.07) is 29.5. The number of nitriles is 1. The fourth-order valence-electron chi connectivity index (χ4n) is 7.55. The van der Waals surface area contributed by atoms with Gasteiger partial charge in [-0.1, -0.05) is 77.8 Å². The van der Waals surface area contributed by atoms with Crippen LogP contribution < -0.4 is 24.8 Å². The minimum Gasteiger partial charge on any atom is -0.489 e. The third-order valence-corrected chi connectivity index (χ3v) is 14.5. The molecule has 3 atom stereocenters. The number of carboxylic acid groups (broad SMARTS) is 1. The number of carboxylic acids is 1. The van der Waals surface area contributed by atoms with Gasteiger partial charge in [-0.15, -0.1) is 11.3 Å². The molecule has 0 aliphatic carbocycles. The molecule has 65 heavy (non-hydrogen) atoms. The molecule has 2 aliphatic rings. The van der Waals surface area contributed by atoms with E-state index in [-0.39, 0.29) is 47.6 Å². The molecule has 0 bridgehead atoms. The summed E-state index contributed by atoms with van der Waals surface area (Å²) in [5, 5.41) is 25.2. The largest absolute Gasteiger partial charge is 0.489 e. The maximum Gasteiger partial charge on any atom is 0.326 e. The van der Waals surface area contributed by atoms with E-state index in [0.29, 0.717) is 49.5 Å². The topological polar surface area (TPSA) is 197 Å². The Morgan fingerprint density at radius 3 is 2.28 bits per heavy atom. The Labute approximate surface area is 388 Å². The van der Waals surface area contributed by atoms with Gasteiger partial charge >= 0.3 is 5.97 Å². The van der Waals surface area contributed by atoms with Crippen LogP contribution in [0.1, 0.15) is 51.3 Å². The zero-order valence-corrected chi connectivity index (χ0v) is 37.9. The number of sulfonamides is 1. The van der Waals surface area contributed by atoms with Crippen molar-refractivity contribution in [3.05, 3.63) is 151 Å². The number of aryl methyl sites for hydroxylation is 1. The summed E-state index contributed by atoms with van der Waals surface area (Å²) in [5.41, 5.74) is 5.66. The van der Waals surface area contributed by atoms with Crippen LogP contribution in [0.4, 0.5) is 5.13 Å². The number of ether oxygens (including phenoxy) is 3. The van der Waals surface area contributed by atoms with Gasteiger partial charge < -0.3 is 30.0 Å². The third-order valence-electron chi connectivity index (χ3n) is 10.9. The summed E-state index contributed by atoms with van der Waals surface area (Å²) in [6.07, 6.45) is -0.737. The number of amides is 2. The second-order valence-corrected chi connectivity index (χ2v) is 19.2. The first-order chi connectivity index (χ1) is 31.1. The van der Waals surface area contributed by atoms with Gasteiger partial charge in [0.2, 0.25) is 11.8 Å². The Morgan fingerprint density at radius 1 is 0.938 bits per heavy atom. The van der Waals surface area contributed by atoms with Crippen LogP contribution in [0, 0.1) is 18.3 Å². The van der Waals surface area contributed by atoms with E-state index in [1.165, 1.54) is 6.92 Å². The molecule has 332 valence electrons. The Hall–Kier alpha value is -6.48. The van der Waals surface area contributed by atoms with Crippen molar-refractivity contribution in [3.8, 4) is 34.4 Å². The van der Waals surface area contributed by atoms with Gasteiger partial charge in [-0.05, 0) is 101 Å². The van der Waals surface area contributed by atoms with Gasteiger partial charge in [0.05, 0.1) is 21.7 Å². The first-order valence-corrected chi connectivity index (χ1v) is 23.2. The molecule has 0 radical (unpaired) electrons. The Kier molecular flexibility index (Phi) is 13.1. The first-order valence-electron chi connectivity index (χ1n) is 20.2. The highest BCUT2D eigenvalue weighted by Crippen LogP contribution is 2.42. The second-order valence-electron chi connectivity index (χ2n) is 15.4. The van der Waals surface area contributed by atoms with Gasteiger partial charge in [-0.25, -0.2) is 18.2 Å². The zero-order valence-electron chi connectivity index (χ0n) is 34.7. The smallest absolute Gasteiger partial charge is 0.326 e. The summed E-state index contributed by atoms with van der Waals surface area (Å²) in [5.74, 6) is -1.18. The molecule has 14 nitrogen and oxygen atoms in total. The van der Waals surface area contributed by atoms with E-state index in [1.807, 2.05) is 54.6 Å². The van der Waals surface area contributed by atoms with Crippen LogP contribution in [0.2, 0.25) is 10.0 Å². The van der Waals surface area contributed by atoms with E-state index in [4.69, 9.17) is 42.7 Å². The van der Waals surface area contributed by atoms with E-state index in [1.54, 1.807) is 55.5 Å². The molecule has 3 N–H and O–H groups in total. The number of nitrogens with one attached hydrogen (secondary N) is 2. The molecule has 3 unspecified atom stereocenters. The molecule has 0 spiro atoms. The molecular weight excluding hydrogens is 914 g/mol. The van der Waals surface area contributed by atoms with Crippen molar-refractivity contribution in [3.63, 3.8) is 0 Å². The number of aliphatic carboxylic acids is 1. The number of nitrogens with zero attached hydrogens (tertiary/aromatic N) is 3. The highest BCUT2D eigenvalue weighted by Gasteiger charge is 2.43. The van der Waals surface area contributed by atoms with Crippen molar-refractivity contribution >= 4 is 67.5 Å². The van der Waals surface area contributed by atoms with Crippen LogP contribution in [-0.2, 0) is 50.4 Å². The number of thiazole rings is 1. The number of carbonyl (C=O) groups is 3. The Bertz CT molecular complexity index is 2960. The molecule has 0 saturated heterocycles. The van der Waals surface area contributed by atoms with Crippen LogP contribution >= 0.6 is 34.5 Å². The number of carbonyl (C=O) groups excluding carboxylic acids is 2. The van der Waals surface area contributed by atoms with Crippen molar-refractivity contribution in [2.45, 2.75) is 63.1 Å². The van der Waals surface area contributed by atoms with Crippen LogP contribution in [-0.4, -0.2) is 59.3 Å². The molecule has 8 rings (SSSR count). The zero-order chi connectivity index (χ0) is 46.0. The predicted molar refractivity (Wildman–Crippen MR) is 244 cm³/mol. The van der Waals surface area contributed by atoms with E-state index in [0.717, 1.165) is 37.9 Å². The summed E-state index contributed by atoms with van der Waals surface area (Å²) in [7, 11) is -4.54. The molecule has 2 amide bonds. The third kappa shape index (κ3) is 10.1. The van der Waals surface area contributed by atoms with Gasteiger partial charge in [0.1, 0.15) is 31.0 Å². The lowest BCUT2D eigenvalue weighted by atomic mass is 9.94. The van der Waals surface area contributed by atoms with Gasteiger partial charge in [0.15, 0.2) is 27.8 Å². The van der Waals surface area contributed by atoms with Gasteiger partial charge in [0, 0.05) is 24.8 Å². The molecular formula is C47H39Cl2N5O9S2. The SMILES string of the molecule is CC(=O)Nc1nc(S(=O)(=O)N2Cc3cc4c(cc3CC2C(=O)NC(Cc2ccc(-c3ccc(C#N)cc3)cc2)C(=O)O)OCC(c2ccc(OCc3ccc(Cl)c(Cl)c3)cc2)O4)c(C)s1. The summed E-state index contributed by atoms with van der Waals surface area (Å²) >= 11 is 13.2. The number of hydrogen-bond donors (Lipinski definition) is 3. The van der Waals surface area contributed by atoms with Gasteiger partial charge in [0.25, 0.3) is 10.0 Å². The van der Waals surface area contributed by atoms with E-state index < -0.39 is 46.0 Å². The summed E-state index contributed by atoms with van der Waals surface area (Å²) in [4.78, 5) is 43.3. The molecule has 2 aliphatic heterocycles. The van der Waals surface area contributed by atoms with Crippen LogP contribution in [0.3, 0.4) is 0 Å². The average Bonchev–Trinajstić information content (AvgIpc) is 3.67. The number of halogens is 2. The molecule has 18 heteroatoms. The standard InChI is InChI=1S/C47H39Cl2N5O9S2/c1-26-45(53-47(64-26)51-27(2)55)65(59,60)54-23-35-21-42-41(62-25-43(63-42)33-12-14-36(15-13-33)61-24-30-7-16-37(48)38(49)17-30)20-34(35)19-40(54)44(56)52-39(46(57)58)18-28-3-8-31(9-4-28)32-10-5-29(22-50)6-11-32/h3-17,20-21,39-40,43H,18-19,23-25H2,1-2H3,(H,52,56)(H,57,58)(H,51,53,55). The maximum absolute atomic E-state index is 14.6. The molecule has 3 heterocycles. The van der Waals surface area contributed by atoms with Crippen molar-refractivity contribution in [2.24, 2.45) is 0 Å². The molecule has 5 aromatic carbocycles. The fourth-order valence-corrected chi connectivity index (χ4v) is 10.7. The minimum absolute atomic E-state index is 0.0693. The predicted octanol–water partition coefficient (Wildman–Crippen LogP) is 8.27. The Balaban J connectivity index is 1.03. The first kappa shape index (κ1) is 45.1. The van der Waals surface area contributed by atoms with Crippen molar-refractivity contribution in [1.82, 2.24) is 14.6 Å². The van der Waals surface area contributed by atoms with Crippen LogP contribution in [0.25, 0.3) is 11.1 Å². The Morgan fingerprint density at radius 2 is 1.62 bits per heavy atom. The number of anilines is 1. The highest BCUT2D eigenvalue weighted by molar-refractivity contribution is 7.89. The fraction of sp³-hybridized carbons (Fsp3) is 0.213. The van der Waals surface area contributed by atoms with Crippen molar-refractivity contribution < 1.29 is 42.1 Å². The second kappa shape index (κ2) is 18.9. The summed E-state index contributed by atoms with van der Waals surface area (Å²) in [6.45, 7) is 2.98. The minimum atomic E-state index is -4.54. The normalized spacial score (nSPS) is 16.1. The average molecular weight is 953 g/mol. The van der Waals surface area contributed by atoms with Crippen molar-refractivity contribution in [1.29, 1.82) is 5.26 Å². The van der Waals surface area contributed by atoms with E-state index in [9.17, 15) is 27.9 Å². The number of fused-ring (bicyclic) bond motifs is 2.